The van der Waals surface area contributed by atoms with Gasteiger partial charge < -0.3 is 9.47 Å². The van der Waals surface area contributed by atoms with E-state index in [4.69, 9.17) is 9.47 Å². The number of hydrogen-bond acceptors (Lipinski definition) is 3. The topological polar surface area (TPSA) is 35.5 Å². The van der Waals surface area contributed by atoms with E-state index in [2.05, 4.69) is 18.2 Å². The van der Waals surface area contributed by atoms with Crippen molar-refractivity contribution >= 4 is 5.78 Å². The molecular formula is C19H18O3. The first-order valence-electron chi connectivity index (χ1n) is 7.62. The van der Waals surface area contributed by atoms with Crippen molar-refractivity contribution < 1.29 is 14.3 Å². The summed E-state index contributed by atoms with van der Waals surface area (Å²) in [5, 5.41) is 0. The first-order chi connectivity index (χ1) is 10.7. The summed E-state index contributed by atoms with van der Waals surface area (Å²) in [6.07, 6.45) is 2.00. The van der Waals surface area contributed by atoms with Crippen molar-refractivity contribution in [3.05, 3.63) is 58.7 Å². The fraction of sp³-hybridized carbons (Fsp3) is 0.316. The SMILES string of the molecule is COc1ccc2c(c1)CC[C@@H]1c3ccc(OC)cc3C(=O)[C@H]21. The highest BCUT2D eigenvalue weighted by Crippen LogP contribution is 2.51. The Kier molecular flexibility index (Phi) is 2.96. The van der Waals surface area contributed by atoms with Gasteiger partial charge in [0.05, 0.1) is 20.1 Å². The molecule has 2 atom stereocenters. The Bertz CT molecular complexity index is 763. The van der Waals surface area contributed by atoms with E-state index in [0.29, 0.717) is 5.92 Å². The fourth-order valence-corrected chi connectivity index (χ4v) is 3.95. The lowest BCUT2D eigenvalue weighted by Crippen LogP contribution is -2.19. The molecule has 3 nitrogen and oxygen atoms in total. The van der Waals surface area contributed by atoms with E-state index in [9.17, 15) is 4.79 Å². The molecule has 112 valence electrons. The maximum Gasteiger partial charge on any atom is 0.171 e. The summed E-state index contributed by atoms with van der Waals surface area (Å²) in [7, 11) is 3.31. The van der Waals surface area contributed by atoms with Gasteiger partial charge in [-0.3, -0.25) is 4.79 Å². The zero-order valence-electron chi connectivity index (χ0n) is 12.8. The number of carbonyl (C=O) groups is 1. The molecule has 0 spiro atoms. The lowest BCUT2D eigenvalue weighted by molar-refractivity contribution is 0.0960. The highest BCUT2D eigenvalue weighted by molar-refractivity contribution is 6.07. The third-order valence-corrected chi connectivity index (χ3v) is 5.02. The average molecular weight is 294 g/mol. The molecule has 4 rings (SSSR count). The number of Topliss-reactive ketones (excluding diaryl/α,β-unsaturated/α-hetero) is 1. The Balaban J connectivity index is 1.82. The van der Waals surface area contributed by atoms with Crippen LogP contribution in [0.2, 0.25) is 0 Å². The zero-order valence-corrected chi connectivity index (χ0v) is 12.8. The maximum atomic E-state index is 12.9. The van der Waals surface area contributed by atoms with Gasteiger partial charge in [-0.2, -0.15) is 0 Å². The molecule has 3 heteroatoms. The maximum absolute atomic E-state index is 12.9. The van der Waals surface area contributed by atoms with E-state index >= 15 is 0 Å². The minimum Gasteiger partial charge on any atom is -0.497 e. The van der Waals surface area contributed by atoms with Crippen LogP contribution in [0.5, 0.6) is 11.5 Å². The first-order valence-corrected chi connectivity index (χ1v) is 7.62. The van der Waals surface area contributed by atoms with Gasteiger partial charge >= 0.3 is 0 Å². The number of ether oxygens (including phenoxy) is 2. The molecule has 0 N–H and O–H groups in total. The van der Waals surface area contributed by atoms with Crippen LogP contribution in [0, 0.1) is 0 Å². The van der Waals surface area contributed by atoms with Crippen LogP contribution in [-0.2, 0) is 6.42 Å². The van der Waals surface area contributed by atoms with E-state index in [-0.39, 0.29) is 11.7 Å². The lowest BCUT2D eigenvalue weighted by atomic mass is 9.75. The summed E-state index contributed by atoms with van der Waals surface area (Å²) < 4.78 is 10.6. The molecule has 0 saturated heterocycles. The normalized spacial score (nSPS) is 21.8. The molecule has 0 aromatic heterocycles. The van der Waals surface area contributed by atoms with E-state index < -0.39 is 0 Å². The number of aryl methyl sites for hydroxylation is 1. The molecular weight excluding hydrogens is 276 g/mol. The van der Waals surface area contributed by atoms with Crippen LogP contribution in [0.4, 0.5) is 0 Å². The molecule has 0 bridgehead atoms. The molecule has 2 aromatic carbocycles. The summed E-state index contributed by atoms with van der Waals surface area (Å²) in [6.45, 7) is 0. The monoisotopic (exact) mass is 294 g/mol. The van der Waals surface area contributed by atoms with Gasteiger partial charge in [0.15, 0.2) is 5.78 Å². The van der Waals surface area contributed by atoms with Gasteiger partial charge in [-0.15, -0.1) is 0 Å². The molecule has 0 saturated carbocycles. The van der Waals surface area contributed by atoms with Crippen LogP contribution >= 0.6 is 0 Å². The number of benzene rings is 2. The number of rotatable bonds is 2. The van der Waals surface area contributed by atoms with Crippen molar-refractivity contribution in [1.82, 2.24) is 0 Å². The number of hydrogen-bond donors (Lipinski definition) is 0. The molecule has 2 aromatic rings. The van der Waals surface area contributed by atoms with E-state index in [1.165, 1.54) is 11.1 Å². The summed E-state index contributed by atoms with van der Waals surface area (Å²) in [5.41, 5.74) is 4.42. The van der Waals surface area contributed by atoms with Crippen LogP contribution in [0.1, 0.15) is 45.3 Å². The fourth-order valence-electron chi connectivity index (χ4n) is 3.95. The van der Waals surface area contributed by atoms with Crippen LogP contribution < -0.4 is 9.47 Å². The molecule has 0 unspecified atom stereocenters. The lowest BCUT2D eigenvalue weighted by Gasteiger charge is -2.28. The molecule has 0 aliphatic heterocycles. The van der Waals surface area contributed by atoms with Crippen molar-refractivity contribution in [2.24, 2.45) is 0 Å². The summed E-state index contributed by atoms with van der Waals surface area (Å²) >= 11 is 0. The second-order valence-corrected chi connectivity index (χ2v) is 6.01. The van der Waals surface area contributed by atoms with Gasteiger partial charge in [0.25, 0.3) is 0 Å². The standard InChI is InChI=1S/C19H18O3/c1-21-12-4-7-14-11(9-12)3-6-16-15-8-5-13(22-2)10-17(15)19(20)18(14)16/h4-5,7-10,16,18H,3,6H2,1-2H3/t16-,18-/m1/s1. The van der Waals surface area contributed by atoms with Crippen molar-refractivity contribution in [3.63, 3.8) is 0 Å². The molecule has 2 aliphatic rings. The number of carbonyl (C=O) groups excluding carboxylic acids is 1. The predicted octanol–water partition coefficient (Wildman–Crippen LogP) is 3.71. The minimum atomic E-state index is -0.0447. The Labute approximate surface area is 129 Å². The van der Waals surface area contributed by atoms with Gasteiger partial charge in [0.2, 0.25) is 0 Å². The van der Waals surface area contributed by atoms with Gasteiger partial charge in [-0.25, -0.2) is 0 Å². The molecule has 0 radical (unpaired) electrons. The Morgan fingerprint density at radius 3 is 2.36 bits per heavy atom. The highest BCUT2D eigenvalue weighted by Gasteiger charge is 2.43. The van der Waals surface area contributed by atoms with Crippen molar-refractivity contribution in [1.29, 1.82) is 0 Å². The quantitative estimate of drug-likeness (QED) is 0.847. The third-order valence-electron chi connectivity index (χ3n) is 5.02. The molecule has 0 amide bonds. The van der Waals surface area contributed by atoms with Gasteiger partial charge in [-0.1, -0.05) is 12.1 Å². The molecule has 2 aliphatic carbocycles. The van der Waals surface area contributed by atoms with Gasteiger partial charge in [-0.05, 0) is 59.7 Å². The minimum absolute atomic E-state index is 0.0447. The Hall–Kier alpha value is -2.29. The first kappa shape index (κ1) is 13.4. The average Bonchev–Trinajstić information content (AvgIpc) is 2.86. The van der Waals surface area contributed by atoms with Crippen LogP contribution in [0.15, 0.2) is 36.4 Å². The van der Waals surface area contributed by atoms with Gasteiger partial charge in [0, 0.05) is 5.56 Å². The summed E-state index contributed by atoms with van der Waals surface area (Å²) in [5.74, 6) is 2.10. The van der Waals surface area contributed by atoms with E-state index in [1.54, 1.807) is 14.2 Å². The third kappa shape index (κ3) is 1.78. The number of fused-ring (bicyclic) bond motifs is 5. The van der Waals surface area contributed by atoms with Crippen molar-refractivity contribution in [2.45, 2.75) is 24.7 Å². The largest absolute Gasteiger partial charge is 0.497 e. The number of methoxy groups -OCH3 is 2. The van der Waals surface area contributed by atoms with Gasteiger partial charge in [0.1, 0.15) is 11.5 Å². The second-order valence-electron chi connectivity index (χ2n) is 6.01. The van der Waals surface area contributed by atoms with Crippen LogP contribution in [0.3, 0.4) is 0 Å². The predicted molar refractivity (Wildman–Crippen MR) is 84.1 cm³/mol. The van der Waals surface area contributed by atoms with E-state index in [1.807, 2.05) is 18.2 Å². The van der Waals surface area contributed by atoms with Crippen LogP contribution in [-0.4, -0.2) is 20.0 Å². The summed E-state index contributed by atoms with van der Waals surface area (Å²) in [6, 6.07) is 12.0. The van der Waals surface area contributed by atoms with Crippen molar-refractivity contribution in [3.8, 4) is 11.5 Å². The van der Waals surface area contributed by atoms with Crippen molar-refractivity contribution in [2.75, 3.05) is 14.2 Å². The van der Waals surface area contributed by atoms with Crippen LogP contribution in [0.25, 0.3) is 0 Å². The molecule has 0 heterocycles. The zero-order chi connectivity index (χ0) is 15.3. The molecule has 22 heavy (non-hydrogen) atoms. The van der Waals surface area contributed by atoms with E-state index in [0.717, 1.165) is 35.5 Å². The highest BCUT2D eigenvalue weighted by atomic mass is 16.5. The second kappa shape index (κ2) is 4.87. The number of ketones is 1. The Morgan fingerprint density at radius 2 is 1.64 bits per heavy atom. The summed E-state index contributed by atoms with van der Waals surface area (Å²) in [4.78, 5) is 12.9. The Morgan fingerprint density at radius 1 is 0.955 bits per heavy atom. The molecule has 0 fully saturated rings. The smallest absolute Gasteiger partial charge is 0.171 e.